The Morgan fingerprint density at radius 3 is 2.41 bits per heavy atom. The summed E-state index contributed by atoms with van der Waals surface area (Å²) in [6.07, 6.45) is 3.70. The van der Waals surface area contributed by atoms with Crippen molar-refractivity contribution in [3.8, 4) is 0 Å². The van der Waals surface area contributed by atoms with Crippen LogP contribution < -0.4 is 10.0 Å². The molecule has 0 radical (unpaired) electrons. The van der Waals surface area contributed by atoms with E-state index >= 15 is 0 Å². The van der Waals surface area contributed by atoms with Crippen molar-refractivity contribution >= 4 is 38.8 Å². The number of hydrogen-bond acceptors (Lipinski definition) is 8. The van der Waals surface area contributed by atoms with Crippen molar-refractivity contribution in [2.75, 3.05) is 29.7 Å². The summed E-state index contributed by atoms with van der Waals surface area (Å²) in [5.41, 5.74) is 1.21. The van der Waals surface area contributed by atoms with E-state index in [2.05, 4.69) is 25.1 Å². The van der Waals surface area contributed by atoms with Crippen LogP contribution in [-0.4, -0.2) is 64.9 Å². The van der Waals surface area contributed by atoms with E-state index in [1.807, 2.05) is 18.2 Å². The Morgan fingerprint density at radius 2 is 1.81 bits per heavy atom. The predicted octanol–water partition coefficient (Wildman–Crippen LogP) is 2.20. The smallest absolute Gasteiger partial charge is 0.409 e. The maximum atomic E-state index is 12.9. The van der Waals surface area contributed by atoms with Gasteiger partial charge in [0.2, 0.25) is 0 Å². The Morgan fingerprint density at radius 1 is 1.16 bits per heavy atom. The fraction of sp³-hybridized carbons (Fsp3) is 0.400. The normalized spacial score (nSPS) is 15.0. The highest BCUT2D eigenvalue weighted by atomic mass is 32.2. The molecule has 170 valence electrons. The van der Waals surface area contributed by atoms with Crippen molar-refractivity contribution in [2.45, 2.75) is 30.7 Å². The van der Waals surface area contributed by atoms with Gasteiger partial charge in [0.1, 0.15) is 4.90 Å². The number of benzene rings is 1. The zero-order valence-electron chi connectivity index (χ0n) is 17.9. The number of piperidine rings is 1. The number of aromatic nitrogens is 4. The van der Waals surface area contributed by atoms with Crippen LogP contribution in [0, 0.1) is 0 Å². The van der Waals surface area contributed by atoms with E-state index in [4.69, 9.17) is 4.74 Å². The molecular weight excluding hydrogens is 434 g/mol. The van der Waals surface area contributed by atoms with Gasteiger partial charge < -0.3 is 15.0 Å². The van der Waals surface area contributed by atoms with Crippen LogP contribution in [0.2, 0.25) is 0 Å². The van der Waals surface area contributed by atoms with Crippen LogP contribution in [0.5, 0.6) is 0 Å². The van der Waals surface area contributed by atoms with Gasteiger partial charge >= 0.3 is 6.09 Å². The van der Waals surface area contributed by atoms with E-state index in [-0.39, 0.29) is 22.8 Å². The fourth-order valence-corrected chi connectivity index (χ4v) is 4.50. The number of carbonyl (C=O) groups excluding carboxylic acids is 1. The monoisotopic (exact) mass is 459 g/mol. The second-order valence-electron chi connectivity index (χ2n) is 7.47. The molecule has 1 aliphatic heterocycles. The molecule has 0 saturated carbocycles. The summed E-state index contributed by atoms with van der Waals surface area (Å²) in [5.74, 6) is 0.450. The van der Waals surface area contributed by atoms with E-state index in [9.17, 15) is 13.2 Å². The number of nitrogens with zero attached hydrogens (tertiary/aromatic N) is 5. The highest BCUT2D eigenvalue weighted by Gasteiger charge is 2.26. The number of para-hydroxylation sites is 2. The fourth-order valence-electron chi connectivity index (χ4n) is 3.51. The summed E-state index contributed by atoms with van der Waals surface area (Å²) in [7, 11) is -2.25. The number of ether oxygens (including phenoxy) is 1. The van der Waals surface area contributed by atoms with Crippen LogP contribution >= 0.6 is 0 Å². The largest absolute Gasteiger partial charge is 0.450 e. The molecule has 0 unspecified atom stereocenters. The van der Waals surface area contributed by atoms with Crippen LogP contribution in [0.1, 0.15) is 19.8 Å². The van der Waals surface area contributed by atoms with E-state index in [0.717, 1.165) is 0 Å². The summed E-state index contributed by atoms with van der Waals surface area (Å²) in [6, 6.07) is 7.24. The van der Waals surface area contributed by atoms with Crippen molar-refractivity contribution in [2.24, 2.45) is 7.05 Å². The summed E-state index contributed by atoms with van der Waals surface area (Å²) in [4.78, 5) is 22.7. The number of aryl methyl sites for hydroxylation is 1. The minimum Gasteiger partial charge on any atom is -0.450 e. The first-order valence-electron chi connectivity index (χ1n) is 10.3. The molecule has 1 fully saturated rings. The molecule has 0 aliphatic carbocycles. The number of likely N-dealkylation sites (tertiary alicyclic amines) is 1. The van der Waals surface area contributed by atoms with Gasteiger partial charge in [0.05, 0.1) is 23.8 Å². The molecule has 32 heavy (non-hydrogen) atoms. The maximum absolute atomic E-state index is 12.9. The highest BCUT2D eigenvalue weighted by molar-refractivity contribution is 7.92. The number of sulfonamides is 1. The molecule has 2 N–H and O–H groups in total. The molecule has 0 atom stereocenters. The van der Waals surface area contributed by atoms with Crippen molar-refractivity contribution in [3.05, 3.63) is 36.7 Å². The van der Waals surface area contributed by atoms with Gasteiger partial charge in [-0.1, -0.05) is 12.1 Å². The van der Waals surface area contributed by atoms with Crippen LogP contribution in [0.15, 0.2) is 41.6 Å². The van der Waals surface area contributed by atoms with Gasteiger partial charge in [0.25, 0.3) is 10.0 Å². The van der Waals surface area contributed by atoms with Gasteiger partial charge in [0.15, 0.2) is 11.6 Å². The number of hydrogen-bond donors (Lipinski definition) is 2. The van der Waals surface area contributed by atoms with E-state index in [0.29, 0.717) is 49.4 Å². The second kappa shape index (κ2) is 8.99. The molecule has 1 saturated heterocycles. The number of nitrogens with one attached hydrogen (secondary N) is 2. The number of rotatable bonds is 6. The van der Waals surface area contributed by atoms with Crippen molar-refractivity contribution in [1.82, 2.24) is 24.6 Å². The first-order chi connectivity index (χ1) is 15.4. The lowest BCUT2D eigenvalue weighted by atomic mass is 10.1. The van der Waals surface area contributed by atoms with Crippen LogP contribution in [0.4, 0.5) is 16.4 Å². The SMILES string of the molecule is CCOC(=O)N1CCC(Nc2nc3ccccc3nc2NS(=O)(=O)c2cnn(C)c2)CC1. The van der Waals surface area contributed by atoms with E-state index in [1.165, 1.54) is 17.1 Å². The predicted molar refractivity (Wildman–Crippen MR) is 119 cm³/mol. The Labute approximate surface area is 185 Å². The van der Waals surface area contributed by atoms with Crippen LogP contribution in [0.25, 0.3) is 11.0 Å². The molecule has 11 nitrogen and oxygen atoms in total. The van der Waals surface area contributed by atoms with Crippen molar-refractivity contribution in [3.63, 3.8) is 0 Å². The minimum atomic E-state index is -3.90. The lowest BCUT2D eigenvalue weighted by Crippen LogP contribution is -2.42. The van der Waals surface area contributed by atoms with E-state index in [1.54, 1.807) is 24.9 Å². The first-order valence-corrected chi connectivity index (χ1v) is 11.8. The number of amides is 1. The molecular formula is C20H25N7O4S. The van der Waals surface area contributed by atoms with Crippen molar-refractivity contribution in [1.29, 1.82) is 0 Å². The van der Waals surface area contributed by atoms with Gasteiger partial charge in [0, 0.05) is 32.4 Å². The Kier molecular flexibility index (Phi) is 6.12. The van der Waals surface area contributed by atoms with Gasteiger partial charge in [-0.2, -0.15) is 5.10 Å². The Bertz CT molecular complexity index is 1220. The number of carbonyl (C=O) groups is 1. The molecule has 2 aromatic heterocycles. The molecule has 3 heterocycles. The third kappa shape index (κ3) is 4.74. The summed E-state index contributed by atoms with van der Waals surface area (Å²) >= 11 is 0. The molecule has 1 aromatic carbocycles. The Balaban J connectivity index is 1.57. The van der Waals surface area contributed by atoms with Gasteiger partial charge in [-0.15, -0.1) is 0 Å². The standard InChI is InChI=1S/C20H25N7O4S/c1-3-31-20(28)27-10-8-14(9-11-27)22-18-19(24-17-7-5-4-6-16(17)23-18)25-32(29,30)15-12-21-26(2)13-15/h4-7,12-14H,3,8-11H2,1-2H3,(H,22,23)(H,24,25). The molecule has 0 bridgehead atoms. The van der Waals surface area contributed by atoms with Crippen LogP contribution in [-0.2, 0) is 21.8 Å². The summed E-state index contributed by atoms with van der Waals surface area (Å²) in [5, 5.41) is 7.24. The van der Waals surface area contributed by atoms with Gasteiger partial charge in [-0.3, -0.25) is 9.40 Å². The molecule has 12 heteroatoms. The average Bonchev–Trinajstić information content (AvgIpc) is 3.22. The molecule has 0 spiro atoms. The van der Waals surface area contributed by atoms with Gasteiger partial charge in [-0.05, 0) is 31.9 Å². The molecule has 1 amide bonds. The van der Waals surface area contributed by atoms with Crippen molar-refractivity contribution < 1.29 is 17.9 Å². The average molecular weight is 460 g/mol. The third-order valence-corrected chi connectivity index (χ3v) is 6.45. The lowest BCUT2D eigenvalue weighted by molar-refractivity contribution is 0.0983. The zero-order chi connectivity index (χ0) is 22.7. The molecule has 1 aliphatic rings. The second-order valence-corrected chi connectivity index (χ2v) is 9.15. The maximum Gasteiger partial charge on any atom is 0.409 e. The molecule has 3 aromatic rings. The van der Waals surface area contributed by atoms with Crippen LogP contribution in [0.3, 0.4) is 0 Å². The lowest BCUT2D eigenvalue weighted by Gasteiger charge is -2.32. The first kappa shape index (κ1) is 21.8. The summed E-state index contributed by atoms with van der Waals surface area (Å²) in [6.45, 7) is 3.19. The van der Waals surface area contributed by atoms with Gasteiger partial charge in [-0.25, -0.2) is 23.2 Å². The Hall–Kier alpha value is -3.41. The zero-order valence-corrected chi connectivity index (χ0v) is 18.7. The quantitative estimate of drug-likeness (QED) is 0.573. The molecule has 4 rings (SSSR count). The highest BCUT2D eigenvalue weighted by Crippen LogP contribution is 2.26. The number of anilines is 2. The topological polar surface area (TPSA) is 131 Å². The third-order valence-electron chi connectivity index (χ3n) is 5.15. The summed E-state index contributed by atoms with van der Waals surface area (Å²) < 4.78 is 34.7. The minimum absolute atomic E-state index is 0.00205. The number of fused-ring (bicyclic) bond motifs is 1. The van der Waals surface area contributed by atoms with E-state index < -0.39 is 10.0 Å².